The second kappa shape index (κ2) is 9.65. The van der Waals surface area contributed by atoms with Gasteiger partial charge in [0.1, 0.15) is 17.9 Å². The lowest BCUT2D eigenvalue weighted by atomic mass is 10.0. The van der Waals surface area contributed by atoms with Crippen LogP contribution in [0.1, 0.15) is 42.5 Å². The fraction of sp³-hybridized carbons (Fsp3) is 0.444. The number of benzene rings is 1. The normalized spacial score (nSPS) is 20.9. The summed E-state index contributed by atoms with van der Waals surface area (Å²) in [6.07, 6.45) is 6.59. The van der Waals surface area contributed by atoms with Gasteiger partial charge in [-0.1, -0.05) is 11.6 Å². The summed E-state index contributed by atoms with van der Waals surface area (Å²) in [5.74, 6) is 0.781. The van der Waals surface area contributed by atoms with Gasteiger partial charge in [-0.3, -0.25) is 14.7 Å². The molecule has 5 heterocycles. The molecule has 0 bridgehead atoms. The highest BCUT2D eigenvalue weighted by molar-refractivity contribution is 7.19. The van der Waals surface area contributed by atoms with Crippen LogP contribution in [0.25, 0.3) is 21.3 Å². The number of hydrogen-bond donors (Lipinski definition) is 1. The molecule has 3 saturated heterocycles. The summed E-state index contributed by atoms with van der Waals surface area (Å²) in [4.78, 5) is 34.6. The number of aromatic nitrogens is 1. The number of amides is 3. The molecule has 0 saturated carbocycles. The van der Waals surface area contributed by atoms with Gasteiger partial charge < -0.3 is 15.0 Å². The molecule has 1 unspecified atom stereocenters. The van der Waals surface area contributed by atoms with Gasteiger partial charge in [-0.15, -0.1) is 11.3 Å². The third-order valence-corrected chi connectivity index (χ3v) is 8.77. The fourth-order valence-electron chi connectivity index (χ4n) is 5.59. The fourth-order valence-corrected chi connectivity index (χ4v) is 7.00. The highest BCUT2D eigenvalue weighted by Crippen LogP contribution is 2.42. The highest BCUT2D eigenvalue weighted by Gasteiger charge is 2.45. The van der Waals surface area contributed by atoms with Gasteiger partial charge in [0.25, 0.3) is 5.91 Å². The minimum atomic E-state index is -0.293. The van der Waals surface area contributed by atoms with Crippen molar-refractivity contribution in [3.63, 3.8) is 0 Å². The van der Waals surface area contributed by atoms with E-state index in [1.165, 1.54) is 4.90 Å². The van der Waals surface area contributed by atoms with Crippen LogP contribution in [-0.4, -0.2) is 58.5 Å². The summed E-state index contributed by atoms with van der Waals surface area (Å²) in [6.45, 7) is 4.87. The maximum atomic E-state index is 13.0. The van der Waals surface area contributed by atoms with Crippen molar-refractivity contribution in [1.29, 1.82) is 0 Å². The van der Waals surface area contributed by atoms with Crippen LogP contribution >= 0.6 is 22.9 Å². The molecule has 3 amide bonds. The van der Waals surface area contributed by atoms with Gasteiger partial charge >= 0.3 is 6.03 Å². The summed E-state index contributed by atoms with van der Waals surface area (Å²) in [7, 11) is 0. The van der Waals surface area contributed by atoms with Crippen LogP contribution in [0, 0.1) is 6.92 Å². The number of hydrogen-bond acceptors (Lipinski definition) is 6. The average Bonchev–Trinajstić information content (AvgIpc) is 3.41. The number of halogens is 1. The van der Waals surface area contributed by atoms with Crippen molar-refractivity contribution in [2.24, 2.45) is 0 Å². The molecular formula is C27H29ClN4O3S. The number of nitrogens with one attached hydrogen (secondary N) is 1. The Hall–Kier alpha value is -2.68. The molecule has 6 rings (SSSR count). The first kappa shape index (κ1) is 23.7. The van der Waals surface area contributed by atoms with Crippen molar-refractivity contribution in [2.45, 2.75) is 57.7 Å². The number of imide groups is 1. The lowest BCUT2D eigenvalue weighted by Crippen LogP contribution is -2.38. The SMILES string of the molecule is Cc1cc(Cl)cc(-c2ccnc3cc(CN4C(=O)C5CCCCN5C4=O)sc23)c1OC1CCNCC1. The Labute approximate surface area is 219 Å². The molecule has 36 heavy (non-hydrogen) atoms. The molecule has 3 aliphatic heterocycles. The van der Waals surface area contributed by atoms with E-state index in [0.717, 1.165) is 82.7 Å². The maximum Gasteiger partial charge on any atom is 0.327 e. The van der Waals surface area contributed by atoms with Crippen LogP contribution in [0.5, 0.6) is 5.75 Å². The maximum absolute atomic E-state index is 13.0. The smallest absolute Gasteiger partial charge is 0.327 e. The molecule has 3 fully saturated rings. The van der Waals surface area contributed by atoms with Crippen LogP contribution in [0.3, 0.4) is 0 Å². The monoisotopic (exact) mass is 524 g/mol. The van der Waals surface area contributed by atoms with Crippen molar-refractivity contribution in [1.82, 2.24) is 20.1 Å². The van der Waals surface area contributed by atoms with E-state index in [9.17, 15) is 9.59 Å². The van der Waals surface area contributed by atoms with Gasteiger partial charge in [-0.2, -0.15) is 0 Å². The van der Waals surface area contributed by atoms with Crippen LogP contribution < -0.4 is 10.1 Å². The van der Waals surface area contributed by atoms with Gasteiger partial charge in [-0.25, -0.2) is 4.79 Å². The van der Waals surface area contributed by atoms with Crippen LogP contribution in [-0.2, 0) is 11.3 Å². The largest absolute Gasteiger partial charge is 0.489 e. The summed E-state index contributed by atoms with van der Waals surface area (Å²) in [5, 5.41) is 4.05. The predicted molar refractivity (Wildman–Crippen MR) is 142 cm³/mol. The van der Waals surface area contributed by atoms with Crippen molar-refractivity contribution in [3.05, 3.63) is 45.9 Å². The number of nitrogens with zero attached hydrogens (tertiary/aromatic N) is 3. The van der Waals surface area contributed by atoms with E-state index in [0.29, 0.717) is 11.6 Å². The lowest BCUT2D eigenvalue weighted by Gasteiger charge is -2.26. The van der Waals surface area contributed by atoms with Crippen molar-refractivity contribution in [3.8, 4) is 16.9 Å². The van der Waals surface area contributed by atoms with Gasteiger partial charge in [-0.05, 0) is 81.9 Å². The quantitative estimate of drug-likeness (QED) is 0.454. The molecule has 1 aromatic carbocycles. The van der Waals surface area contributed by atoms with Crippen LogP contribution in [0.2, 0.25) is 5.02 Å². The number of aryl methyl sites for hydroxylation is 1. The Kier molecular flexibility index (Phi) is 6.35. The minimum absolute atomic E-state index is 0.0755. The first-order valence-electron chi connectivity index (χ1n) is 12.7. The number of pyridine rings is 1. The first-order chi connectivity index (χ1) is 17.5. The Morgan fingerprint density at radius 2 is 1.97 bits per heavy atom. The van der Waals surface area contributed by atoms with Gasteiger partial charge in [0, 0.05) is 33.8 Å². The number of carbonyl (C=O) groups is 2. The zero-order valence-corrected chi connectivity index (χ0v) is 21.8. The first-order valence-corrected chi connectivity index (χ1v) is 13.9. The Balaban J connectivity index is 1.35. The number of rotatable bonds is 5. The Morgan fingerprint density at radius 3 is 2.78 bits per heavy atom. The number of urea groups is 1. The van der Waals surface area contributed by atoms with Crippen molar-refractivity contribution < 1.29 is 14.3 Å². The number of carbonyl (C=O) groups excluding carboxylic acids is 2. The van der Waals surface area contributed by atoms with Crippen molar-refractivity contribution in [2.75, 3.05) is 19.6 Å². The standard InChI is InChI=1S/C27H29ClN4O3S/c1-16-12-17(28)13-21(24(16)35-18-5-8-29-9-6-18)20-7-10-30-22-14-19(36-25(20)22)15-32-26(33)23-4-2-3-11-31(23)27(32)34/h7,10,12-14,18,23,29H,2-6,8-9,11,15H2,1H3. The van der Waals surface area contributed by atoms with Gasteiger partial charge in [0.15, 0.2) is 0 Å². The summed E-state index contributed by atoms with van der Waals surface area (Å²) < 4.78 is 7.56. The Bertz CT molecular complexity index is 1310. The summed E-state index contributed by atoms with van der Waals surface area (Å²) in [6, 6.07) is 7.43. The number of ether oxygens (including phenoxy) is 1. The second-order valence-electron chi connectivity index (χ2n) is 9.86. The second-order valence-corrected chi connectivity index (χ2v) is 11.4. The highest BCUT2D eigenvalue weighted by atomic mass is 35.5. The number of thiophene rings is 1. The molecule has 188 valence electrons. The molecule has 0 spiro atoms. The zero-order chi connectivity index (χ0) is 24.8. The molecule has 3 aromatic rings. The summed E-state index contributed by atoms with van der Waals surface area (Å²) >= 11 is 8.09. The third-order valence-electron chi connectivity index (χ3n) is 7.41. The van der Waals surface area contributed by atoms with E-state index in [1.807, 2.05) is 31.2 Å². The molecule has 3 aliphatic rings. The minimum Gasteiger partial charge on any atom is -0.489 e. The van der Waals surface area contributed by atoms with E-state index in [1.54, 1.807) is 22.4 Å². The molecule has 0 aliphatic carbocycles. The van der Waals surface area contributed by atoms with E-state index < -0.39 is 0 Å². The predicted octanol–water partition coefficient (Wildman–Crippen LogP) is 5.37. The lowest BCUT2D eigenvalue weighted by molar-refractivity contribution is -0.129. The third kappa shape index (κ3) is 4.25. The average molecular weight is 525 g/mol. The molecule has 9 heteroatoms. The summed E-state index contributed by atoms with van der Waals surface area (Å²) in [5.41, 5.74) is 3.80. The van der Waals surface area contributed by atoms with Gasteiger partial charge in [0.05, 0.1) is 16.8 Å². The Morgan fingerprint density at radius 1 is 1.14 bits per heavy atom. The molecule has 0 radical (unpaired) electrons. The molecule has 7 nitrogen and oxygen atoms in total. The molecular weight excluding hydrogens is 496 g/mol. The molecule has 1 atom stereocenters. The van der Waals surface area contributed by atoms with E-state index in [2.05, 4.69) is 10.3 Å². The molecule has 1 N–H and O–H groups in total. The van der Waals surface area contributed by atoms with E-state index >= 15 is 0 Å². The van der Waals surface area contributed by atoms with Crippen LogP contribution in [0.4, 0.5) is 4.79 Å². The topological polar surface area (TPSA) is 74.8 Å². The number of piperidine rings is 2. The molecule has 2 aromatic heterocycles. The zero-order valence-electron chi connectivity index (χ0n) is 20.3. The van der Waals surface area contributed by atoms with Crippen molar-refractivity contribution >= 4 is 45.1 Å². The number of fused-ring (bicyclic) bond motifs is 2. The van der Waals surface area contributed by atoms with E-state index in [-0.39, 0.29) is 30.6 Å². The van der Waals surface area contributed by atoms with Crippen LogP contribution in [0.15, 0.2) is 30.5 Å². The van der Waals surface area contributed by atoms with E-state index in [4.69, 9.17) is 16.3 Å². The van der Waals surface area contributed by atoms with Gasteiger partial charge in [0.2, 0.25) is 0 Å².